The molecular formula is C41H56N2O9S. The maximum absolute atomic E-state index is 14.1. The number of esters is 2. The topological polar surface area (TPSA) is 131 Å². The van der Waals surface area contributed by atoms with Gasteiger partial charge in [-0.05, 0) is 89.0 Å². The molecule has 3 aliphatic rings. The molecular weight excluding hydrogens is 697 g/mol. The molecule has 290 valence electrons. The summed E-state index contributed by atoms with van der Waals surface area (Å²) in [4.78, 5) is 60.7. The Balaban J connectivity index is 1.40. The molecule has 0 bridgehead atoms. The number of nitrogens with zero attached hydrogens (tertiary/aromatic N) is 2. The molecule has 0 N–H and O–H groups in total. The van der Waals surface area contributed by atoms with E-state index in [0.717, 1.165) is 25.7 Å². The molecule has 0 unspecified atom stereocenters. The predicted molar refractivity (Wildman–Crippen MR) is 203 cm³/mol. The molecule has 2 aromatic rings. The smallest absolute Gasteiger partial charge is 0.320 e. The van der Waals surface area contributed by atoms with Crippen LogP contribution in [0.5, 0.6) is 11.5 Å². The molecule has 53 heavy (non-hydrogen) atoms. The first-order valence-electron chi connectivity index (χ1n) is 18.9. The molecule has 2 saturated heterocycles. The summed E-state index contributed by atoms with van der Waals surface area (Å²) < 4.78 is 29.8. The highest BCUT2D eigenvalue weighted by Crippen LogP contribution is 2.46. The van der Waals surface area contributed by atoms with Crippen molar-refractivity contribution in [2.75, 3.05) is 38.0 Å². The fourth-order valence-corrected chi connectivity index (χ4v) is 9.73. The van der Waals surface area contributed by atoms with E-state index in [-0.39, 0.29) is 55.2 Å². The maximum atomic E-state index is 14.1. The van der Waals surface area contributed by atoms with Crippen molar-refractivity contribution in [1.82, 2.24) is 4.98 Å². The largest absolute Gasteiger partial charge is 0.493 e. The number of pyridine rings is 1. The van der Waals surface area contributed by atoms with E-state index in [4.69, 9.17) is 23.7 Å². The van der Waals surface area contributed by atoms with Crippen LogP contribution in [0.25, 0.3) is 0 Å². The zero-order chi connectivity index (χ0) is 38.3. The summed E-state index contributed by atoms with van der Waals surface area (Å²) in [5.74, 6) is -0.896. The fraction of sp³-hybridized carbons (Fsp3) is 0.634. The number of anilines is 1. The maximum Gasteiger partial charge on any atom is 0.320 e. The quantitative estimate of drug-likeness (QED) is 0.231. The molecule has 1 aromatic carbocycles. The Kier molecular flexibility index (Phi) is 13.5. The van der Waals surface area contributed by atoms with Gasteiger partial charge in [-0.25, -0.2) is 0 Å². The van der Waals surface area contributed by atoms with E-state index in [2.05, 4.69) is 11.9 Å². The van der Waals surface area contributed by atoms with E-state index in [1.165, 1.54) is 11.8 Å². The third-order valence-electron chi connectivity index (χ3n) is 11.3. The van der Waals surface area contributed by atoms with Crippen molar-refractivity contribution in [3.05, 3.63) is 48.3 Å². The molecule has 3 heterocycles. The molecule has 1 saturated carbocycles. The standard InChI is InChI=1S/C41H56N2O9S/c1-26-22-27(2)38(46)50-25-41(5)35(28(3)32(44)14-17-40(4,24-26)49-7)36(39(47)52-41)53-21-20-43(37(45)29-15-18-42-19-16-29)30-12-13-33(48-6)34(23-30)51-31-10-8-9-11-31/h12-13,15-16,18-19,23,26-28,31,35-36H,8-11,14,17,20-22,24-25H2,1-7H3/t26-,27+,28-,35-,36-,40+,41+/m0/s1. The van der Waals surface area contributed by atoms with Crippen LogP contribution in [0.4, 0.5) is 5.69 Å². The van der Waals surface area contributed by atoms with E-state index < -0.39 is 34.3 Å². The minimum Gasteiger partial charge on any atom is -0.493 e. The minimum atomic E-state index is -1.21. The molecule has 7 atom stereocenters. The van der Waals surface area contributed by atoms with Gasteiger partial charge in [0.05, 0.1) is 24.7 Å². The molecule has 1 aliphatic carbocycles. The van der Waals surface area contributed by atoms with Crippen LogP contribution in [0.2, 0.25) is 0 Å². The Morgan fingerprint density at radius 2 is 1.72 bits per heavy atom. The lowest BCUT2D eigenvalue weighted by molar-refractivity contribution is -0.167. The van der Waals surface area contributed by atoms with Crippen LogP contribution >= 0.6 is 11.8 Å². The molecule has 2 aliphatic heterocycles. The highest BCUT2D eigenvalue weighted by atomic mass is 32.2. The van der Waals surface area contributed by atoms with Gasteiger partial charge >= 0.3 is 11.9 Å². The lowest BCUT2D eigenvalue weighted by Crippen LogP contribution is -2.46. The average molecular weight is 753 g/mol. The Hall–Kier alpha value is -3.64. The third-order valence-corrected chi connectivity index (χ3v) is 12.6. The fourth-order valence-electron chi connectivity index (χ4n) is 8.27. The number of hydrogen-bond donors (Lipinski definition) is 0. The number of Topliss-reactive ketones (excluding diaryl/α,β-unsaturated/α-hetero) is 1. The Bertz CT molecular complexity index is 1600. The van der Waals surface area contributed by atoms with Crippen LogP contribution in [-0.2, 0) is 28.6 Å². The number of carbonyl (C=O) groups excluding carboxylic acids is 4. The molecule has 3 fully saturated rings. The van der Waals surface area contributed by atoms with Crippen molar-refractivity contribution in [3.8, 4) is 11.5 Å². The lowest BCUT2D eigenvalue weighted by atomic mass is 9.75. The monoisotopic (exact) mass is 752 g/mol. The minimum absolute atomic E-state index is 0.000299. The number of cyclic esters (lactones) is 1. The van der Waals surface area contributed by atoms with E-state index in [0.29, 0.717) is 47.8 Å². The van der Waals surface area contributed by atoms with E-state index >= 15 is 0 Å². The van der Waals surface area contributed by atoms with Crippen molar-refractivity contribution in [2.24, 2.45) is 23.7 Å². The van der Waals surface area contributed by atoms with Crippen molar-refractivity contribution in [2.45, 2.75) is 109 Å². The Labute approximate surface area is 318 Å². The van der Waals surface area contributed by atoms with Gasteiger partial charge in [0.2, 0.25) is 0 Å². The third kappa shape index (κ3) is 9.73. The molecule has 12 heteroatoms. The van der Waals surface area contributed by atoms with Crippen LogP contribution in [0.1, 0.15) is 96.3 Å². The number of hydrogen-bond acceptors (Lipinski definition) is 11. The van der Waals surface area contributed by atoms with Gasteiger partial charge in [0, 0.05) is 67.4 Å². The number of thioether (sulfide) groups is 1. The summed E-state index contributed by atoms with van der Waals surface area (Å²) in [5.41, 5.74) is -0.672. The Morgan fingerprint density at radius 3 is 2.40 bits per heavy atom. The van der Waals surface area contributed by atoms with Crippen molar-refractivity contribution in [1.29, 1.82) is 0 Å². The number of ketones is 1. The number of rotatable bonds is 10. The molecule has 0 spiro atoms. The number of aromatic nitrogens is 1. The number of benzene rings is 1. The average Bonchev–Trinajstić information content (AvgIpc) is 3.75. The van der Waals surface area contributed by atoms with Gasteiger partial charge in [-0.3, -0.25) is 24.2 Å². The molecule has 5 rings (SSSR count). The summed E-state index contributed by atoms with van der Waals surface area (Å²) in [6.07, 6.45) is 9.49. The SMILES string of the molecule is COc1ccc(N(CCS[C@@H]2C(=O)O[C@]3(C)COC(=O)[C@H](C)C[C@H](C)C[C@](C)(OC)CCC(=O)[C@H](C)[C@@H]23)C(=O)c2ccncc2)cc1OC1CCCC1. The first-order chi connectivity index (χ1) is 25.3. The van der Waals surface area contributed by atoms with Gasteiger partial charge in [0.15, 0.2) is 11.5 Å². The summed E-state index contributed by atoms with van der Waals surface area (Å²) in [6.45, 7) is 9.64. The van der Waals surface area contributed by atoms with Crippen molar-refractivity contribution in [3.63, 3.8) is 0 Å². The van der Waals surface area contributed by atoms with Crippen molar-refractivity contribution < 1.29 is 42.9 Å². The number of carbonyl (C=O) groups is 4. The summed E-state index contributed by atoms with van der Waals surface area (Å²) in [5, 5.41) is -0.730. The van der Waals surface area contributed by atoms with Gasteiger partial charge in [-0.15, -0.1) is 11.8 Å². The highest BCUT2D eigenvalue weighted by Gasteiger charge is 2.57. The van der Waals surface area contributed by atoms with E-state index in [1.54, 1.807) is 56.6 Å². The number of amides is 1. The second-order valence-electron chi connectivity index (χ2n) is 15.6. The van der Waals surface area contributed by atoms with Crippen LogP contribution in [0.15, 0.2) is 42.7 Å². The van der Waals surface area contributed by atoms with E-state index in [9.17, 15) is 19.2 Å². The first-order valence-corrected chi connectivity index (χ1v) is 20.0. The first kappa shape index (κ1) is 40.5. The zero-order valence-electron chi connectivity index (χ0n) is 32.3. The van der Waals surface area contributed by atoms with Crippen molar-refractivity contribution >= 4 is 41.1 Å². The summed E-state index contributed by atoms with van der Waals surface area (Å²) in [7, 11) is 3.25. The number of methoxy groups -OCH3 is 2. The second-order valence-corrected chi connectivity index (χ2v) is 16.8. The van der Waals surface area contributed by atoms with Gasteiger partial charge in [0.1, 0.15) is 23.2 Å². The normalized spacial score (nSPS) is 30.2. The number of ether oxygens (including phenoxy) is 5. The van der Waals surface area contributed by atoms with Crippen LogP contribution < -0.4 is 14.4 Å². The Morgan fingerprint density at radius 1 is 1.00 bits per heavy atom. The van der Waals surface area contributed by atoms with E-state index in [1.807, 2.05) is 32.9 Å². The summed E-state index contributed by atoms with van der Waals surface area (Å²) >= 11 is 1.35. The van der Waals surface area contributed by atoms with Gasteiger partial charge in [0.25, 0.3) is 5.91 Å². The van der Waals surface area contributed by atoms with Gasteiger partial charge in [-0.1, -0.05) is 20.8 Å². The van der Waals surface area contributed by atoms with Crippen LogP contribution in [0, 0.1) is 23.7 Å². The zero-order valence-corrected chi connectivity index (χ0v) is 33.1. The second kappa shape index (κ2) is 17.7. The molecule has 0 radical (unpaired) electrons. The number of fused-ring (bicyclic) bond motifs is 1. The van der Waals surface area contributed by atoms with Crippen LogP contribution in [-0.4, -0.2) is 84.3 Å². The molecule has 1 aromatic heterocycles. The van der Waals surface area contributed by atoms with Gasteiger partial charge < -0.3 is 28.6 Å². The highest BCUT2D eigenvalue weighted by molar-refractivity contribution is 8.00. The molecule has 1 amide bonds. The molecule has 11 nitrogen and oxygen atoms in total. The lowest BCUT2D eigenvalue weighted by Gasteiger charge is -2.36. The predicted octanol–water partition coefficient (Wildman–Crippen LogP) is 7.09. The summed E-state index contributed by atoms with van der Waals surface area (Å²) in [6, 6.07) is 8.80. The van der Waals surface area contributed by atoms with Crippen LogP contribution in [0.3, 0.4) is 0 Å². The van der Waals surface area contributed by atoms with Gasteiger partial charge in [-0.2, -0.15) is 0 Å².